The zero-order chi connectivity index (χ0) is 28.1. The highest BCUT2D eigenvalue weighted by molar-refractivity contribution is 5.85. The number of hydrogen-bond acceptors (Lipinski definition) is 6. The summed E-state index contributed by atoms with van der Waals surface area (Å²) < 4.78 is 82.1. The predicted octanol–water partition coefficient (Wildman–Crippen LogP) is 5.03. The molecule has 8 nitrogen and oxygen atoms in total. The maximum atomic E-state index is 13.6. The minimum absolute atomic E-state index is 0.0428. The number of carbonyl (C=O) groups excluding carboxylic acids is 1. The molecule has 3 aromatic rings. The molecule has 3 N–H and O–H groups in total. The molecule has 3 fully saturated rings. The molecule has 7 rings (SSSR count). The van der Waals surface area contributed by atoms with E-state index in [9.17, 15) is 31.1 Å². The van der Waals surface area contributed by atoms with Crippen molar-refractivity contribution in [3.05, 3.63) is 46.4 Å². The molecule has 1 aliphatic heterocycles. The van der Waals surface area contributed by atoms with Crippen molar-refractivity contribution in [2.75, 3.05) is 11.1 Å². The fourth-order valence-electron chi connectivity index (χ4n) is 6.54. The topological polar surface area (TPSA) is 101 Å². The van der Waals surface area contributed by atoms with Crippen molar-refractivity contribution >= 4 is 23.2 Å². The van der Waals surface area contributed by atoms with E-state index in [1.165, 1.54) is 11.0 Å². The number of nitrogens with zero attached hydrogens (tertiary/aromatic N) is 5. The first-order chi connectivity index (χ1) is 18.2. The molecule has 3 heterocycles. The van der Waals surface area contributed by atoms with Gasteiger partial charge in [-0.1, -0.05) is 0 Å². The Bertz CT molecular complexity index is 1490. The molecule has 4 aliphatic rings. The lowest BCUT2D eigenvalue weighted by Gasteiger charge is -2.39. The van der Waals surface area contributed by atoms with Crippen LogP contribution in [0.3, 0.4) is 0 Å². The molecule has 1 amide bonds. The molecule has 1 aromatic carbocycles. The Labute approximate surface area is 218 Å². The van der Waals surface area contributed by atoms with Gasteiger partial charge in [0.2, 0.25) is 5.91 Å². The maximum Gasteiger partial charge on any atom is 0.416 e. The van der Waals surface area contributed by atoms with E-state index in [1.54, 1.807) is 18.2 Å². The summed E-state index contributed by atoms with van der Waals surface area (Å²) in [6.45, 7) is 3.60. The lowest BCUT2D eigenvalue weighted by molar-refractivity contribution is -0.180. The van der Waals surface area contributed by atoms with Crippen LogP contribution in [-0.4, -0.2) is 36.6 Å². The molecule has 2 aromatic heterocycles. The molecular formula is C25H25F6N7O. The fraction of sp³-hybridized carbons (Fsp3) is 0.520. The Morgan fingerprint density at radius 3 is 2.46 bits per heavy atom. The summed E-state index contributed by atoms with van der Waals surface area (Å²) in [5.41, 5.74) is 5.36. The number of hydrogen-bond donors (Lipinski definition) is 2. The van der Waals surface area contributed by atoms with Crippen LogP contribution in [-0.2, 0) is 24.1 Å². The highest BCUT2D eigenvalue weighted by atomic mass is 19.4. The number of amides is 1. The third kappa shape index (κ3) is 4.06. The number of nitrogen functional groups attached to an aromatic ring is 1. The molecule has 2 bridgehead atoms. The van der Waals surface area contributed by atoms with Crippen molar-refractivity contribution in [1.29, 1.82) is 0 Å². The van der Waals surface area contributed by atoms with E-state index in [0.717, 1.165) is 12.1 Å². The summed E-state index contributed by atoms with van der Waals surface area (Å²) in [5, 5.41) is 11.3. The standard InChI is InChI=1S/C25H25F6N7O/c1-11(13-3-15(24(26,27)28)5-16(32)4-13)33-20-17-9-37(10-19(17)38-12(2)35-36-22(38)34-20)21(39)23-6-14(7-23)18(8-23)25(29,30)31/h3-5,11,14,18H,6-10,32H2,1-2H3,(H,33,34,36). The monoisotopic (exact) mass is 553 g/mol. The Balaban J connectivity index is 1.31. The van der Waals surface area contributed by atoms with E-state index in [1.807, 2.05) is 0 Å². The average Bonchev–Trinajstić information content (AvgIpc) is 3.58. The first-order valence-corrected chi connectivity index (χ1v) is 12.5. The second kappa shape index (κ2) is 8.21. The second-order valence-corrected chi connectivity index (χ2v) is 11.0. The van der Waals surface area contributed by atoms with Crippen LogP contribution in [0.2, 0.25) is 0 Å². The van der Waals surface area contributed by atoms with Gasteiger partial charge in [0.1, 0.15) is 11.6 Å². The summed E-state index contributed by atoms with van der Waals surface area (Å²) in [4.78, 5) is 19.7. The molecule has 208 valence electrons. The van der Waals surface area contributed by atoms with Gasteiger partial charge in [-0.3, -0.25) is 9.20 Å². The molecule has 39 heavy (non-hydrogen) atoms. The zero-order valence-corrected chi connectivity index (χ0v) is 21.0. The highest BCUT2D eigenvalue weighted by Crippen LogP contribution is 2.66. The molecule has 0 saturated heterocycles. The van der Waals surface area contributed by atoms with Crippen LogP contribution in [0.15, 0.2) is 18.2 Å². The lowest BCUT2D eigenvalue weighted by Crippen LogP contribution is -2.44. The fourth-order valence-corrected chi connectivity index (χ4v) is 6.54. The Morgan fingerprint density at radius 2 is 1.82 bits per heavy atom. The summed E-state index contributed by atoms with van der Waals surface area (Å²) >= 11 is 0. The Kier molecular flexibility index (Phi) is 5.41. The molecule has 2 atom stereocenters. The van der Waals surface area contributed by atoms with Gasteiger partial charge in [-0.2, -0.15) is 31.3 Å². The van der Waals surface area contributed by atoms with Crippen molar-refractivity contribution in [2.24, 2.45) is 17.3 Å². The van der Waals surface area contributed by atoms with Crippen LogP contribution in [0.5, 0.6) is 0 Å². The van der Waals surface area contributed by atoms with Gasteiger partial charge in [-0.05, 0) is 62.8 Å². The molecule has 0 radical (unpaired) electrons. The summed E-state index contributed by atoms with van der Waals surface area (Å²) in [7, 11) is 0. The van der Waals surface area contributed by atoms with Gasteiger partial charge in [0.05, 0.1) is 41.7 Å². The zero-order valence-electron chi connectivity index (χ0n) is 21.0. The van der Waals surface area contributed by atoms with Gasteiger partial charge in [0.15, 0.2) is 0 Å². The van der Waals surface area contributed by atoms with Gasteiger partial charge < -0.3 is 16.0 Å². The van der Waals surface area contributed by atoms with Crippen LogP contribution >= 0.6 is 0 Å². The largest absolute Gasteiger partial charge is 0.416 e. The van der Waals surface area contributed by atoms with Crippen molar-refractivity contribution < 1.29 is 31.1 Å². The summed E-state index contributed by atoms with van der Waals surface area (Å²) in [6.07, 6.45) is -8.66. The Morgan fingerprint density at radius 1 is 1.10 bits per heavy atom. The number of nitrogens with one attached hydrogen (secondary N) is 1. The number of aryl methyl sites for hydroxylation is 1. The number of halogens is 6. The van der Waals surface area contributed by atoms with Gasteiger partial charge in [0.25, 0.3) is 5.78 Å². The van der Waals surface area contributed by atoms with Gasteiger partial charge >= 0.3 is 12.4 Å². The van der Waals surface area contributed by atoms with Crippen molar-refractivity contribution in [1.82, 2.24) is 24.5 Å². The minimum Gasteiger partial charge on any atom is -0.399 e. The first-order valence-electron chi connectivity index (χ1n) is 12.5. The highest BCUT2D eigenvalue weighted by Gasteiger charge is 2.67. The van der Waals surface area contributed by atoms with Crippen molar-refractivity contribution in [3.8, 4) is 0 Å². The number of alkyl halides is 6. The van der Waals surface area contributed by atoms with Crippen molar-refractivity contribution in [3.63, 3.8) is 0 Å². The average molecular weight is 554 g/mol. The van der Waals surface area contributed by atoms with E-state index >= 15 is 0 Å². The number of fused-ring (bicyclic) bond motifs is 4. The predicted molar refractivity (Wildman–Crippen MR) is 127 cm³/mol. The number of anilines is 2. The van der Waals surface area contributed by atoms with Gasteiger partial charge in [0, 0.05) is 11.3 Å². The number of aromatic nitrogens is 4. The van der Waals surface area contributed by atoms with Gasteiger partial charge in [-0.25, -0.2) is 0 Å². The molecule has 2 unspecified atom stereocenters. The van der Waals surface area contributed by atoms with Crippen LogP contribution in [0.1, 0.15) is 60.4 Å². The number of benzene rings is 1. The molecular weight excluding hydrogens is 528 g/mol. The van der Waals surface area contributed by atoms with Crippen LogP contribution in [0.4, 0.5) is 37.8 Å². The van der Waals surface area contributed by atoms with Crippen LogP contribution in [0, 0.1) is 24.2 Å². The Hall–Kier alpha value is -3.58. The first kappa shape index (κ1) is 25.7. The lowest BCUT2D eigenvalue weighted by atomic mass is 9.68. The third-order valence-corrected chi connectivity index (χ3v) is 8.42. The maximum absolute atomic E-state index is 13.6. The van der Waals surface area contributed by atoms with Crippen LogP contribution < -0.4 is 11.1 Å². The minimum atomic E-state index is -4.58. The van der Waals surface area contributed by atoms with E-state index < -0.39 is 41.2 Å². The SMILES string of the molecule is Cc1nnc2nc(NC(C)c3cc(N)cc(C(F)(F)F)c3)c3c(n12)CN(C(=O)C12CC(C1)C(C(F)(F)F)C2)C3. The third-order valence-electron chi connectivity index (χ3n) is 8.42. The molecule has 3 saturated carbocycles. The second-order valence-electron chi connectivity index (χ2n) is 11.0. The van der Waals surface area contributed by atoms with E-state index in [4.69, 9.17) is 5.73 Å². The number of nitrogens with two attached hydrogens (primary N) is 1. The van der Waals surface area contributed by atoms with Crippen LogP contribution in [0.25, 0.3) is 5.78 Å². The smallest absolute Gasteiger partial charge is 0.399 e. The summed E-state index contributed by atoms with van der Waals surface area (Å²) in [5.74, 6) is -1.23. The molecule has 0 spiro atoms. The number of carbonyl (C=O) groups is 1. The molecule has 14 heteroatoms. The summed E-state index contributed by atoms with van der Waals surface area (Å²) in [6, 6.07) is 2.65. The van der Waals surface area contributed by atoms with Gasteiger partial charge in [-0.15, -0.1) is 10.2 Å². The quantitative estimate of drug-likeness (QED) is 0.347. The number of rotatable bonds is 4. The molecule has 3 aliphatic carbocycles. The van der Waals surface area contributed by atoms with Crippen molar-refractivity contribution in [2.45, 2.75) is 64.6 Å². The van der Waals surface area contributed by atoms with E-state index in [2.05, 4.69) is 20.5 Å². The normalized spacial score (nSPS) is 25.1. The van der Waals surface area contributed by atoms with E-state index in [0.29, 0.717) is 22.9 Å². The van der Waals surface area contributed by atoms with E-state index in [-0.39, 0.29) is 55.3 Å².